The van der Waals surface area contributed by atoms with Gasteiger partial charge in [0.25, 0.3) is 0 Å². The van der Waals surface area contributed by atoms with Crippen molar-refractivity contribution in [3.8, 4) is 0 Å². The van der Waals surface area contributed by atoms with E-state index in [0.29, 0.717) is 10.6 Å². The van der Waals surface area contributed by atoms with E-state index in [2.05, 4.69) is 0 Å². The summed E-state index contributed by atoms with van der Waals surface area (Å²) in [6, 6.07) is 0. The molecule has 0 aliphatic heterocycles. The molecule has 0 aromatic heterocycles. The number of allylic oxidation sites excluding steroid dienone is 5. The minimum Gasteiger partial charge on any atom is -0.322 e. The van der Waals surface area contributed by atoms with E-state index in [9.17, 15) is 4.39 Å². The lowest BCUT2D eigenvalue weighted by atomic mass is 9.82. The zero-order chi connectivity index (χ0) is 11.6. The van der Waals surface area contributed by atoms with E-state index in [-0.39, 0.29) is 11.7 Å². The number of hydrogen-bond acceptors (Lipinski definition) is 1. The predicted molar refractivity (Wildman–Crippen MR) is 63.3 cm³/mol. The summed E-state index contributed by atoms with van der Waals surface area (Å²) in [5, 5.41) is 0.404. The van der Waals surface area contributed by atoms with Crippen molar-refractivity contribution in [1.29, 1.82) is 0 Å². The van der Waals surface area contributed by atoms with E-state index in [1.165, 1.54) is 6.08 Å². The van der Waals surface area contributed by atoms with Gasteiger partial charge < -0.3 is 5.73 Å². The van der Waals surface area contributed by atoms with Crippen LogP contribution >= 0.6 is 11.6 Å². The highest BCUT2D eigenvalue weighted by Gasteiger charge is 2.26. The fourth-order valence-corrected chi connectivity index (χ4v) is 2.11. The molecular formula is C12H17ClFN. The average molecular weight is 230 g/mol. The first-order chi connectivity index (χ1) is 6.82. The van der Waals surface area contributed by atoms with Gasteiger partial charge in [-0.1, -0.05) is 24.6 Å². The molecule has 1 aliphatic rings. The van der Waals surface area contributed by atoms with Gasteiger partial charge in [-0.25, -0.2) is 4.39 Å². The van der Waals surface area contributed by atoms with Gasteiger partial charge in [0.05, 0.1) is 0 Å². The van der Waals surface area contributed by atoms with E-state index >= 15 is 0 Å². The predicted octanol–water partition coefficient (Wildman–Crippen LogP) is 3.67. The minimum atomic E-state index is -0.650. The van der Waals surface area contributed by atoms with Gasteiger partial charge in [0, 0.05) is 10.6 Å². The third-order valence-corrected chi connectivity index (χ3v) is 2.71. The molecule has 0 aromatic carbocycles. The van der Waals surface area contributed by atoms with Crippen molar-refractivity contribution in [2.24, 2.45) is 11.7 Å². The fraction of sp³-hybridized carbons (Fsp3) is 0.500. The molecule has 0 fully saturated rings. The Morgan fingerprint density at radius 1 is 1.53 bits per heavy atom. The summed E-state index contributed by atoms with van der Waals surface area (Å²) in [7, 11) is 0. The van der Waals surface area contributed by atoms with E-state index in [0.717, 1.165) is 6.42 Å². The fourth-order valence-electron chi connectivity index (χ4n) is 1.93. The topological polar surface area (TPSA) is 26.0 Å². The van der Waals surface area contributed by atoms with Crippen LogP contribution in [0.5, 0.6) is 0 Å². The molecule has 3 heteroatoms. The van der Waals surface area contributed by atoms with Crippen LogP contribution < -0.4 is 5.73 Å². The standard InChI is InChI=1S/C12H17ClFN/c1-8-5-4-6-9(13)7-10(14)11(8)12(2,3)15/h4,6-8H,5,15H2,1-3H3/b6-4+,9-7+,11-10-. The molecule has 15 heavy (non-hydrogen) atoms. The molecule has 0 amide bonds. The van der Waals surface area contributed by atoms with Crippen LogP contribution in [0.3, 0.4) is 0 Å². The van der Waals surface area contributed by atoms with Gasteiger partial charge in [-0.05, 0) is 43.9 Å². The Hall–Kier alpha value is -0.600. The Morgan fingerprint density at radius 3 is 2.67 bits per heavy atom. The van der Waals surface area contributed by atoms with E-state index < -0.39 is 5.54 Å². The summed E-state index contributed by atoms with van der Waals surface area (Å²) in [5.74, 6) is -0.202. The lowest BCUT2D eigenvalue weighted by molar-refractivity contribution is 0.479. The lowest BCUT2D eigenvalue weighted by Gasteiger charge is -2.28. The third-order valence-electron chi connectivity index (χ3n) is 2.48. The Morgan fingerprint density at radius 2 is 2.13 bits per heavy atom. The van der Waals surface area contributed by atoms with Crippen LogP contribution in [0.15, 0.2) is 34.7 Å². The van der Waals surface area contributed by atoms with Crippen LogP contribution in [-0.4, -0.2) is 5.54 Å². The van der Waals surface area contributed by atoms with Gasteiger partial charge in [0.1, 0.15) is 5.83 Å². The molecular weight excluding hydrogens is 213 g/mol. The lowest BCUT2D eigenvalue weighted by Crippen LogP contribution is -2.37. The average Bonchev–Trinajstić information content (AvgIpc) is 1.98. The van der Waals surface area contributed by atoms with Crippen molar-refractivity contribution in [2.75, 3.05) is 0 Å². The number of rotatable bonds is 1. The number of nitrogens with two attached hydrogens (primary N) is 1. The zero-order valence-corrected chi connectivity index (χ0v) is 10.1. The first-order valence-corrected chi connectivity index (χ1v) is 5.43. The summed E-state index contributed by atoms with van der Waals surface area (Å²) in [4.78, 5) is 0. The number of hydrogen-bond donors (Lipinski definition) is 1. The van der Waals surface area contributed by atoms with Crippen LogP contribution in [0.25, 0.3) is 0 Å². The third kappa shape index (κ3) is 3.18. The highest BCUT2D eigenvalue weighted by atomic mass is 35.5. The molecule has 0 radical (unpaired) electrons. The quantitative estimate of drug-likeness (QED) is 0.730. The Balaban J connectivity index is 3.23. The van der Waals surface area contributed by atoms with Gasteiger partial charge in [-0.3, -0.25) is 0 Å². The maximum absolute atomic E-state index is 13.9. The summed E-state index contributed by atoms with van der Waals surface area (Å²) in [5.41, 5.74) is 5.94. The summed E-state index contributed by atoms with van der Waals surface area (Å²) in [6.45, 7) is 5.60. The molecule has 1 atom stereocenters. The Labute approximate surface area is 95.5 Å². The molecule has 0 heterocycles. The van der Waals surface area contributed by atoms with Crippen LogP contribution in [0.1, 0.15) is 27.2 Å². The first-order valence-electron chi connectivity index (χ1n) is 5.05. The van der Waals surface area contributed by atoms with Crippen molar-refractivity contribution in [1.82, 2.24) is 0 Å². The Kier molecular flexibility index (Phi) is 3.74. The molecule has 0 saturated carbocycles. The maximum Gasteiger partial charge on any atom is 0.125 e. The Bertz CT molecular complexity index is 334. The van der Waals surface area contributed by atoms with Crippen molar-refractivity contribution >= 4 is 11.6 Å². The van der Waals surface area contributed by atoms with Crippen LogP contribution in [0.4, 0.5) is 4.39 Å². The molecule has 1 rings (SSSR count). The van der Waals surface area contributed by atoms with Gasteiger partial charge in [-0.2, -0.15) is 0 Å². The van der Waals surface area contributed by atoms with Gasteiger partial charge in [0.15, 0.2) is 0 Å². The summed E-state index contributed by atoms with van der Waals surface area (Å²) < 4.78 is 13.9. The second kappa shape index (κ2) is 4.50. The molecule has 84 valence electrons. The van der Waals surface area contributed by atoms with E-state index in [1.807, 2.05) is 26.8 Å². The van der Waals surface area contributed by atoms with Crippen LogP contribution in [0.2, 0.25) is 0 Å². The van der Waals surface area contributed by atoms with Gasteiger partial charge in [0.2, 0.25) is 0 Å². The monoisotopic (exact) mass is 229 g/mol. The largest absolute Gasteiger partial charge is 0.322 e. The molecule has 1 aliphatic carbocycles. The van der Waals surface area contributed by atoms with E-state index in [1.54, 1.807) is 6.08 Å². The zero-order valence-electron chi connectivity index (χ0n) is 9.35. The highest BCUT2D eigenvalue weighted by Crippen LogP contribution is 2.31. The smallest absolute Gasteiger partial charge is 0.125 e. The maximum atomic E-state index is 13.9. The van der Waals surface area contributed by atoms with Gasteiger partial charge in [-0.15, -0.1) is 0 Å². The molecule has 1 unspecified atom stereocenters. The van der Waals surface area contributed by atoms with Crippen LogP contribution in [0, 0.1) is 5.92 Å². The van der Waals surface area contributed by atoms with Crippen molar-refractivity contribution in [3.63, 3.8) is 0 Å². The van der Waals surface area contributed by atoms with Crippen molar-refractivity contribution in [3.05, 3.63) is 34.7 Å². The minimum absolute atomic E-state index is 0.0993. The summed E-state index contributed by atoms with van der Waals surface area (Å²) in [6.07, 6.45) is 5.75. The molecule has 0 aromatic rings. The first kappa shape index (κ1) is 12.5. The van der Waals surface area contributed by atoms with Crippen molar-refractivity contribution < 1.29 is 4.39 Å². The molecule has 0 spiro atoms. The second-order valence-electron chi connectivity index (χ2n) is 4.55. The highest BCUT2D eigenvalue weighted by molar-refractivity contribution is 6.31. The van der Waals surface area contributed by atoms with E-state index in [4.69, 9.17) is 17.3 Å². The molecule has 0 saturated heterocycles. The SMILES string of the molecule is CC1C/C=C/C(Cl)=C\C(F)=C/1C(C)(C)N. The van der Waals surface area contributed by atoms with Gasteiger partial charge >= 0.3 is 0 Å². The second-order valence-corrected chi connectivity index (χ2v) is 4.99. The summed E-state index contributed by atoms with van der Waals surface area (Å²) >= 11 is 5.81. The van der Waals surface area contributed by atoms with Crippen molar-refractivity contribution in [2.45, 2.75) is 32.7 Å². The molecule has 1 nitrogen and oxygen atoms in total. The molecule has 2 N–H and O–H groups in total. The normalized spacial score (nSPS) is 34.0. The van der Waals surface area contributed by atoms with Crippen LogP contribution in [-0.2, 0) is 0 Å². The molecule has 0 bridgehead atoms. The number of halogens is 2.